The number of hydrogen-bond donors (Lipinski definition) is 1. The van der Waals surface area contributed by atoms with E-state index >= 15 is 0 Å². The molecule has 1 aliphatic rings. The van der Waals surface area contributed by atoms with E-state index in [1.807, 2.05) is 30.3 Å². The van der Waals surface area contributed by atoms with Crippen molar-refractivity contribution in [1.82, 2.24) is 5.32 Å². The van der Waals surface area contributed by atoms with Gasteiger partial charge in [0, 0.05) is 18.0 Å². The van der Waals surface area contributed by atoms with Crippen LogP contribution in [0, 0.1) is 0 Å². The van der Waals surface area contributed by atoms with Gasteiger partial charge in [-0.2, -0.15) is 0 Å². The van der Waals surface area contributed by atoms with E-state index in [1.54, 1.807) is 11.8 Å². The lowest BCUT2D eigenvalue weighted by atomic mass is 10.1. The molecule has 0 aliphatic carbocycles. The van der Waals surface area contributed by atoms with E-state index in [0.717, 1.165) is 12.8 Å². The van der Waals surface area contributed by atoms with Crippen LogP contribution in [0.15, 0.2) is 59.5 Å². The number of nitrogens with one attached hydrogen (secondary N) is 1. The SMILES string of the molecule is CC(OCCCNC(=O)C1Cc2ccccc2S1)c1ccccc1. The number of benzene rings is 2. The molecule has 24 heavy (non-hydrogen) atoms. The fourth-order valence-electron chi connectivity index (χ4n) is 2.81. The van der Waals surface area contributed by atoms with Crippen LogP contribution in [-0.4, -0.2) is 24.3 Å². The van der Waals surface area contributed by atoms with Crippen LogP contribution in [0.3, 0.4) is 0 Å². The Labute approximate surface area is 147 Å². The van der Waals surface area contributed by atoms with Crippen LogP contribution in [-0.2, 0) is 16.0 Å². The molecule has 0 spiro atoms. The van der Waals surface area contributed by atoms with Gasteiger partial charge in [-0.25, -0.2) is 0 Å². The summed E-state index contributed by atoms with van der Waals surface area (Å²) in [5, 5.41) is 3.04. The van der Waals surface area contributed by atoms with Crippen LogP contribution in [0.1, 0.15) is 30.6 Å². The van der Waals surface area contributed by atoms with Crippen molar-refractivity contribution >= 4 is 17.7 Å². The Balaban J connectivity index is 1.33. The molecule has 3 rings (SSSR count). The maximum atomic E-state index is 12.3. The smallest absolute Gasteiger partial charge is 0.233 e. The van der Waals surface area contributed by atoms with Gasteiger partial charge in [0.05, 0.1) is 11.4 Å². The van der Waals surface area contributed by atoms with Crippen molar-refractivity contribution in [2.75, 3.05) is 13.2 Å². The molecule has 1 aliphatic heterocycles. The van der Waals surface area contributed by atoms with Crippen LogP contribution in [0.5, 0.6) is 0 Å². The first-order valence-electron chi connectivity index (χ1n) is 8.43. The van der Waals surface area contributed by atoms with Crippen molar-refractivity contribution in [2.45, 2.75) is 36.0 Å². The van der Waals surface area contributed by atoms with Crippen LogP contribution in [0.2, 0.25) is 0 Å². The summed E-state index contributed by atoms with van der Waals surface area (Å²) >= 11 is 1.67. The standard InChI is InChI=1S/C20H23NO2S/c1-15(16-8-3-2-4-9-16)23-13-7-12-21-20(22)19-14-17-10-5-6-11-18(17)24-19/h2-6,8-11,15,19H,7,12-14H2,1H3,(H,21,22). The number of amides is 1. The van der Waals surface area contributed by atoms with Crippen molar-refractivity contribution in [2.24, 2.45) is 0 Å². The lowest BCUT2D eigenvalue weighted by Crippen LogP contribution is -2.33. The number of hydrogen-bond acceptors (Lipinski definition) is 3. The molecule has 0 bridgehead atoms. The van der Waals surface area contributed by atoms with Gasteiger partial charge in [0.25, 0.3) is 0 Å². The molecule has 0 saturated carbocycles. The Hall–Kier alpha value is -1.78. The first-order chi connectivity index (χ1) is 11.7. The fourth-order valence-corrected chi connectivity index (χ4v) is 4.03. The molecule has 0 radical (unpaired) electrons. The van der Waals surface area contributed by atoms with Gasteiger partial charge in [-0.05, 0) is 37.0 Å². The summed E-state index contributed by atoms with van der Waals surface area (Å²) in [6.07, 6.45) is 1.74. The number of thioether (sulfide) groups is 1. The van der Waals surface area contributed by atoms with Crippen molar-refractivity contribution in [3.8, 4) is 0 Å². The van der Waals surface area contributed by atoms with Gasteiger partial charge in [-0.15, -0.1) is 11.8 Å². The van der Waals surface area contributed by atoms with E-state index in [0.29, 0.717) is 13.2 Å². The van der Waals surface area contributed by atoms with Crippen LogP contribution in [0.25, 0.3) is 0 Å². The van der Waals surface area contributed by atoms with Crippen molar-refractivity contribution in [1.29, 1.82) is 0 Å². The van der Waals surface area contributed by atoms with E-state index < -0.39 is 0 Å². The predicted molar refractivity (Wildman–Crippen MR) is 98.2 cm³/mol. The maximum Gasteiger partial charge on any atom is 0.233 e. The predicted octanol–water partition coefficient (Wildman–Crippen LogP) is 3.99. The molecule has 0 saturated heterocycles. The van der Waals surface area contributed by atoms with Gasteiger partial charge >= 0.3 is 0 Å². The average molecular weight is 341 g/mol. The normalized spacial score (nSPS) is 17.3. The van der Waals surface area contributed by atoms with E-state index in [-0.39, 0.29) is 17.3 Å². The number of rotatable bonds is 7. The highest BCUT2D eigenvalue weighted by Gasteiger charge is 2.27. The molecule has 2 aromatic carbocycles. The van der Waals surface area contributed by atoms with E-state index in [9.17, 15) is 4.79 Å². The Morgan fingerprint density at radius 2 is 1.96 bits per heavy atom. The third-order valence-electron chi connectivity index (χ3n) is 4.20. The zero-order chi connectivity index (χ0) is 16.8. The Bertz CT molecular complexity index is 649. The average Bonchev–Trinajstić information content (AvgIpc) is 3.06. The zero-order valence-electron chi connectivity index (χ0n) is 13.9. The maximum absolute atomic E-state index is 12.3. The number of carbonyl (C=O) groups is 1. The molecule has 1 N–H and O–H groups in total. The molecule has 0 fully saturated rings. The summed E-state index contributed by atoms with van der Waals surface area (Å²) < 4.78 is 5.83. The largest absolute Gasteiger partial charge is 0.374 e. The van der Waals surface area contributed by atoms with Crippen molar-refractivity contribution < 1.29 is 9.53 Å². The molecule has 126 valence electrons. The number of ether oxygens (including phenoxy) is 1. The summed E-state index contributed by atoms with van der Waals surface area (Å²) in [6, 6.07) is 18.4. The minimum Gasteiger partial charge on any atom is -0.374 e. The molecule has 3 nitrogen and oxygen atoms in total. The second-order valence-corrected chi connectivity index (χ2v) is 7.23. The van der Waals surface area contributed by atoms with E-state index in [4.69, 9.17) is 4.74 Å². The summed E-state index contributed by atoms with van der Waals surface area (Å²) in [4.78, 5) is 13.5. The molecule has 4 heteroatoms. The number of fused-ring (bicyclic) bond motifs is 1. The lowest BCUT2D eigenvalue weighted by Gasteiger charge is -2.14. The van der Waals surface area contributed by atoms with Crippen LogP contribution < -0.4 is 5.32 Å². The van der Waals surface area contributed by atoms with Crippen molar-refractivity contribution in [3.63, 3.8) is 0 Å². The third-order valence-corrected chi connectivity index (χ3v) is 5.51. The minimum absolute atomic E-state index is 0.00607. The van der Waals surface area contributed by atoms with E-state index in [1.165, 1.54) is 16.0 Å². The lowest BCUT2D eigenvalue weighted by molar-refractivity contribution is -0.120. The Morgan fingerprint density at radius 3 is 2.75 bits per heavy atom. The molecule has 2 aromatic rings. The molecular weight excluding hydrogens is 318 g/mol. The topological polar surface area (TPSA) is 38.3 Å². The molecule has 1 amide bonds. The van der Waals surface area contributed by atoms with Gasteiger partial charge in [-0.1, -0.05) is 48.5 Å². The fraction of sp³-hybridized carbons (Fsp3) is 0.350. The molecule has 2 unspecified atom stereocenters. The van der Waals surface area contributed by atoms with Gasteiger partial charge in [0.1, 0.15) is 0 Å². The highest BCUT2D eigenvalue weighted by Crippen LogP contribution is 2.36. The van der Waals surface area contributed by atoms with Gasteiger partial charge in [-0.3, -0.25) is 4.79 Å². The summed E-state index contributed by atoms with van der Waals surface area (Å²) in [5.74, 6) is 0.132. The third kappa shape index (κ3) is 4.40. The Morgan fingerprint density at radius 1 is 1.21 bits per heavy atom. The van der Waals surface area contributed by atoms with Crippen LogP contribution in [0.4, 0.5) is 0 Å². The second kappa shape index (κ2) is 8.36. The highest BCUT2D eigenvalue weighted by molar-refractivity contribution is 8.01. The Kier molecular flexibility index (Phi) is 5.94. The van der Waals surface area contributed by atoms with Gasteiger partial charge in [0.15, 0.2) is 0 Å². The van der Waals surface area contributed by atoms with Crippen LogP contribution >= 0.6 is 11.8 Å². The summed E-state index contributed by atoms with van der Waals surface area (Å²) in [6.45, 7) is 3.36. The second-order valence-electron chi connectivity index (χ2n) is 5.99. The molecule has 0 aromatic heterocycles. The van der Waals surface area contributed by atoms with Gasteiger partial charge < -0.3 is 10.1 Å². The highest BCUT2D eigenvalue weighted by atomic mass is 32.2. The molecule has 2 atom stereocenters. The van der Waals surface area contributed by atoms with E-state index in [2.05, 4.69) is 36.5 Å². The monoisotopic (exact) mass is 341 g/mol. The first kappa shape index (κ1) is 17.1. The van der Waals surface area contributed by atoms with Crippen molar-refractivity contribution in [3.05, 3.63) is 65.7 Å². The first-order valence-corrected chi connectivity index (χ1v) is 9.31. The quantitative estimate of drug-likeness (QED) is 0.774. The zero-order valence-corrected chi connectivity index (χ0v) is 14.7. The molecular formula is C20H23NO2S. The summed E-state index contributed by atoms with van der Waals surface area (Å²) in [7, 11) is 0. The summed E-state index contributed by atoms with van der Waals surface area (Å²) in [5.41, 5.74) is 2.46. The number of carbonyl (C=O) groups excluding carboxylic acids is 1. The van der Waals surface area contributed by atoms with Gasteiger partial charge in [0.2, 0.25) is 5.91 Å². The molecule has 1 heterocycles. The minimum atomic E-state index is 0.00607.